The summed E-state index contributed by atoms with van der Waals surface area (Å²) in [6.45, 7) is 5.14. The van der Waals surface area contributed by atoms with Gasteiger partial charge in [0.1, 0.15) is 0 Å². The van der Waals surface area contributed by atoms with Crippen LogP contribution < -0.4 is 5.32 Å². The van der Waals surface area contributed by atoms with E-state index < -0.39 is 0 Å². The van der Waals surface area contributed by atoms with Crippen LogP contribution in [0.15, 0.2) is 30.3 Å². The Hall–Kier alpha value is -1.88. The molecule has 0 bridgehead atoms. The third-order valence-corrected chi connectivity index (χ3v) is 5.44. The van der Waals surface area contributed by atoms with E-state index in [1.54, 1.807) is 0 Å². The molecule has 1 N–H and O–H groups in total. The van der Waals surface area contributed by atoms with Crippen molar-refractivity contribution in [2.45, 2.75) is 45.6 Å². The van der Waals surface area contributed by atoms with Gasteiger partial charge in [0.25, 0.3) is 0 Å². The number of hydrogen-bond donors (Lipinski definition) is 1. The number of amides is 2. The summed E-state index contributed by atoms with van der Waals surface area (Å²) in [6, 6.07) is 10.1. The minimum atomic E-state index is 0.0615. The van der Waals surface area contributed by atoms with Gasteiger partial charge in [-0.1, -0.05) is 30.3 Å². The Balaban J connectivity index is 1.76. The molecule has 0 saturated heterocycles. The lowest BCUT2D eigenvalue weighted by molar-refractivity contribution is -0.138. The number of nitrogens with zero attached hydrogens (tertiary/aromatic N) is 2. The highest BCUT2D eigenvalue weighted by molar-refractivity contribution is 5.81. The first-order chi connectivity index (χ1) is 13.0. The standard InChI is InChI=1S/C22H35N3O2/c1-4-25(17-18-9-6-5-7-10-18)22(27)20-13-11-19(12-14-20)21(26)23-15-8-16-24(2)3/h5-7,9-10,19-20H,4,8,11-17H2,1-3H3,(H,23,26). The van der Waals surface area contributed by atoms with Crippen LogP contribution in [0.3, 0.4) is 0 Å². The summed E-state index contributed by atoms with van der Waals surface area (Å²) < 4.78 is 0. The summed E-state index contributed by atoms with van der Waals surface area (Å²) in [5, 5.41) is 3.06. The maximum atomic E-state index is 12.9. The number of rotatable bonds is 9. The van der Waals surface area contributed by atoms with Crippen LogP contribution in [0.2, 0.25) is 0 Å². The first kappa shape index (κ1) is 21.4. The van der Waals surface area contributed by atoms with E-state index in [0.717, 1.165) is 51.7 Å². The molecule has 0 unspecified atom stereocenters. The van der Waals surface area contributed by atoms with Crippen molar-refractivity contribution in [3.8, 4) is 0 Å². The molecule has 27 heavy (non-hydrogen) atoms. The number of carbonyl (C=O) groups excluding carboxylic acids is 2. The molecule has 1 aromatic carbocycles. The van der Waals surface area contributed by atoms with E-state index in [1.165, 1.54) is 5.56 Å². The van der Waals surface area contributed by atoms with E-state index >= 15 is 0 Å². The third kappa shape index (κ3) is 6.98. The molecule has 0 heterocycles. The van der Waals surface area contributed by atoms with Crippen LogP contribution in [0.25, 0.3) is 0 Å². The topological polar surface area (TPSA) is 52.7 Å². The number of nitrogens with one attached hydrogen (secondary N) is 1. The first-order valence-electron chi connectivity index (χ1n) is 10.3. The molecule has 1 aliphatic carbocycles. The van der Waals surface area contributed by atoms with Crippen molar-refractivity contribution >= 4 is 11.8 Å². The molecule has 0 aliphatic heterocycles. The Morgan fingerprint density at radius 2 is 1.67 bits per heavy atom. The Morgan fingerprint density at radius 3 is 2.26 bits per heavy atom. The lowest BCUT2D eigenvalue weighted by atomic mass is 9.81. The van der Waals surface area contributed by atoms with E-state index in [1.807, 2.05) is 44.1 Å². The van der Waals surface area contributed by atoms with Crippen LogP contribution in [0, 0.1) is 11.8 Å². The van der Waals surface area contributed by atoms with Gasteiger partial charge in [-0.05, 0) is 65.2 Å². The molecule has 1 fully saturated rings. The van der Waals surface area contributed by atoms with Crippen molar-refractivity contribution < 1.29 is 9.59 Å². The lowest BCUT2D eigenvalue weighted by Crippen LogP contribution is -2.40. The second-order valence-corrected chi connectivity index (χ2v) is 7.83. The third-order valence-electron chi connectivity index (χ3n) is 5.44. The summed E-state index contributed by atoms with van der Waals surface area (Å²) in [5.41, 5.74) is 1.17. The van der Waals surface area contributed by atoms with Gasteiger partial charge < -0.3 is 15.1 Å². The fraction of sp³-hybridized carbons (Fsp3) is 0.636. The van der Waals surface area contributed by atoms with E-state index in [0.29, 0.717) is 6.54 Å². The van der Waals surface area contributed by atoms with Gasteiger partial charge >= 0.3 is 0 Å². The Bertz CT molecular complexity index is 580. The Kier molecular flexibility index (Phi) is 8.79. The van der Waals surface area contributed by atoms with Crippen LogP contribution in [0.5, 0.6) is 0 Å². The fourth-order valence-electron chi connectivity index (χ4n) is 3.76. The summed E-state index contributed by atoms with van der Waals surface area (Å²) in [7, 11) is 4.08. The van der Waals surface area contributed by atoms with Gasteiger partial charge in [0, 0.05) is 31.5 Å². The minimum absolute atomic E-state index is 0.0615. The Morgan fingerprint density at radius 1 is 1.04 bits per heavy atom. The predicted molar refractivity (Wildman–Crippen MR) is 109 cm³/mol. The Labute approximate surface area is 164 Å². The van der Waals surface area contributed by atoms with Crippen LogP contribution in [-0.2, 0) is 16.1 Å². The molecule has 0 radical (unpaired) electrons. The van der Waals surface area contributed by atoms with Crippen LogP contribution in [-0.4, -0.2) is 55.3 Å². The maximum absolute atomic E-state index is 12.9. The van der Waals surface area contributed by atoms with Gasteiger partial charge in [-0.15, -0.1) is 0 Å². The van der Waals surface area contributed by atoms with E-state index in [2.05, 4.69) is 22.3 Å². The average molecular weight is 374 g/mol. The smallest absolute Gasteiger partial charge is 0.225 e. The number of hydrogen-bond acceptors (Lipinski definition) is 3. The molecule has 1 saturated carbocycles. The molecule has 2 rings (SSSR count). The zero-order valence-electron chi connectivity index (χ0n) is 17.1. The summed E-state index contributed by atoms with van der Waals surface area (Å²) in [4.78, 5) is 29.3. The van der Waals surface area contributed by atoms with Gasteiger partial charge in [0.15, 0.2) is 0 Å². The molecule has 150 valence electrons. The molecule has 1 aromatic rings. The van der Waals surface area contributed by atoms with Crippen molar-refractivity contribution in [3.05, 3.63) is 35.9 Å². The predicted octanol–water partition coefficient (Wildman–Crippen LogP) is 2.91. The van der Waals surface area contributed by atoms with Crippen molar-refractivity contribution in [1.29, 1.82) is 0 Å². The molecular weight excluding hydrogens is 338 g/mol. The largest absolute Gasteiger partial charge is 0.356 e. The van der Waals surface area contributed by atoms with Gasteiger partial charge in [0.2, 0.25) is 11.8 Å². The molecule has 2 amide bonds. The quantitative estimate of drug-likeness (QED) is 0.677. The second kappa shape index (κ2) is 11.1. The number of benzene rings is 1. The normalized spacial score (nSPS) is 19.7. The lowest BCUT2D eigenvalue weighted by Gasteiger charge is -2.31. The average Bonchev–Trinajstić information content (AvgIpc) is 2.69. The summed E-state index contributed by atoms with van der Waals surface area (Å²) in [6.07, 6.45) is 4.24. The molecular formula is C22H35N3O2. The van der Waals surface area contributed by atoms with Gasteiger partial charge in [-0.25, -0.2) is 0 Å². The van der Waals surface area contributed by atoms with Gasteiger partial charge in [-0.2, -0.15) is 0 Å². The van der Waals surface area contributed by atoms with Crippen molar-refractivity contribution in [1.82, 2.24) is 15.1 Å². The molecule has 5 heteroatoms. The molecule has 0 atom stereocenters. The molecule has 0 spiro atoms. The fourth-order valence-corrected chi connectivity index (χ4v) is 3.76. The minimum Gasteiger partial charge on any atom is -0.356 e. The summed E-state index contributed by atoms with van der Waals surface area (Å²) >= 11 is 0. The second-order valence-electron chi connectivity index (χ2n) is 7.83. The van der Waals surface area contributed by atoms with Crippen LogP contribution in [0.4, 0.5) is 0 Å². The van der Waals surface area contributed by atoms with E-state index in [4.69, 9.17) is 0 Å². The molecule has 5 nitrogen and oxygen atoms in total. The van der Waals surface area contributed by atoms with Crippen molar-refractivity contribution in [2.75, 3.05) is 33.7 Å². The number of carbonyl (C=O) groups is 2. The van der Waals surface area contributed by atoms with Gasteiger partial charge in [0.05, 0.1) is 0 Å². The molecule has 0 aromatic heterocycles. The van der Waals surface area contributed by atoms with Crippen LogP contribution in [0.1, 0.15) is 44.6 Å². The summed E-state index contributed by atoms with van der Waals surface area (Å²) in [5.74, 6) is 0.534. The van der Waals surface area contributed by atoms with Crippen molar-refractivity contribution in [2.24, 2.45) is 11.8 Å². The van der Waals surface area contributed by atoms with Crippen molar-refractivity contribution in [3.63, 3.8) is 0 Å². The van der Waals surface area contributed by atoms with E-state index in [9.17, 15) is 9.59 Å². The maximum Gasteiger partial charge on any atom is 0.225 e. The van der Waals surface area contributed by atoms with Crippen LogP contribution >= 0.6 is 0 Å². The zero-order valence-corrected chi connectivity index (χ0v) is 17.1. The highest BCUT2D eigenvalue weighted by Gasteiger charge is 2.31. The van der Waals surface area contributed by atoms with Gasteiger partial charge in [-0.3, -0.25) is 9.59 Å². The van der Waals surface area contributed by atoms with E-state index in [-0.39, 0.29) is 23.7 Å². The molecule has 1 aliphatic rings. The SMILES string of the molecule is CCN(Cc1ccccc1)C(=O)C1CCC(C(=O)NCCCN(C)C)CC1. The monoisotopic (exact) mass is 373 g/mol. The zero-order chi connectivity index (χ0) is 19.6. The first-order valence-corrected chi connectivity index (χ1v) is 10.3. The highest BCUT2D eigenvalue weighted by Crippen LogP contribution is 2.30. The highest BCUT2D eigenvalue weighted by atomic mass is 16.2.